The first-order valence-electron chi connectivity index (χ1n) is 10.5. The van der Waals surface area contributed by atoms with E-state index in [1.54, 1.807) is 11.8 Å². The number of carbonyl (C=O) groups is 2. The van der Waals surface area contributed by atoms with Gasteiger partial charge in [-0.25, -0.2) is 9.78 Å². The standard InChI is InChI=1S/C21H29N5O3/c1-2-29-21(28)26-13-11-25(12-14-26)20(27)16-7-9-24(10-8-16)15-19-22-17-5-3-4-6-18(17)23-19/h3-6,16H,2,7-15H2,1H3,(H,22,23). The number of imidazole rings is 1. The van der Waals surface area contributed by atoms with Gasteiger partial charge in [-0.15, -0.1) is 0 Å². The van der Waals surface area contributed by atoms with E-state index in [4.69, 9.17) is 4.74 Å². The Morgan fingerprint density at radius 3 is 2.45 bits per heavy atom. The Morgan fingerprint density at radius 2 is 1.76 bits per heavy atom. The summed E-state index contributed by atoms with van der Waals surface area (Å²) < 4.78 is 5.04. The van der Waals surface area contributed by atoms with Gasteiger partial charge in [-0.2, -0.15) is 0 Å². The number of piperidine rings is 1. The smallest absolute Gasteiger partial charge is 0.409 e. The minimum absolute atomic E-state index is 0.0797. The Balaban J connectivity index is 1.24. The van der Waals surface area contributed by atoms with Crippen LogP contribution in [-0.4, -0.2) is 82.5 Å². The third-order valence-electron chi connectivity index (χ3n) is 5.87. The van der Waals surface area contributed by atoms with Crippen molar-refractivity contribution in [3.8, 4) is 0 Å². The Hall–Kier alpha value is -2.61. The van der Waals surface area contributed by atoms with Crippen molar-refractivity contribution in [2.45, 2.75) is 26.3 Å². The summed E-state index contributed by atoms with van der Waals surface area (Å²) in [7, 11) is 0. The molecule has 3 heterocycles. The molecule has 29 heavy (non-hydrogen) atoms. The number of nitrogens with one attached hydrogen (secondary N) is 1. The second kappa shape index (κ2) is 8.82. The molecule has 0 spiro atoms. The number of nitrogens with zero attached hydrogens (tertiary/aromatic N) is 4. The van der Waals surface area contributed by atoms with Gasteiger partial charge in [-0.1, -0.05) is 12.1 Å². The molecule has 0 aliphatic carbocycles. The molecule has 156 valence electrons. The fourth-order valence-corrected chi connectivity index (χ4v) is 4.21. The number of likely N-dealkylation sites (tertiary alicyclic amines) is 1. The molecule has 0 unspecified atom stereocenters. The molecule has 2 amide bonds. The van der Waals surface area contributed by atoms with Crippen LogP contribution in [-0.2, 0) is 16.1 Å². The van der Waals surface area contributed by atoms with Crippen LogP contribution in [0, 0.1) is 5.92 Å². The summed E-state index contributed by atoms with van der Waals surface area (Å²) in [5.74, 6) is 1.29. The van der Waals surface area contributed by atoms with Crippen molar-refractivity contribution in [2.24, 2.45) is 5.92 Å². The van der Waals surface area contributed by atoms with Crippen molar-refractivity contribution in [1.82, 2.24) is 24.7 Å². The van der Waals surface area contributed by atoms with Crippen LogP contribution in [0.2, 0.25) is 0 Å². The van der Waals surface area contributed by atoms with Crippen molar-refractivity contribution in [1.29, 1.82) is 0 Å². The summed E-state index contributed by atoms with van der Waals surface area (Å²) in [5, 5.41) is 0. The summed E-state index contributed by atoms with van der Waals surface area (Å²) in [6.07, 6.45) is 1.47. The van der Waals surface area contributed by atoms with Gasteiger partial charge in [-0.05, 0) is 45.0 Å². The minimum Gasteiger partial charge on any atom is -0.450 e. The molecule has 0 saturated carbocycles. The van der Waals surface area contributed by atoms with Crippen LogP contribution in [0.3, 0.4) is 0 Å². The molecule has 0 atom stereocenters. The third-order valence-corrected chi connectivity index (χ3v) is 5.87. The lowest BCUT2D eigenvalue weighted by Crippen LogP contribution is -2.53. The van der Waals surface area contributed by atoms with Crippen molar-refractivity contribution in [3.05, 3.63) is 30.1 Å². The number of para-hydroxylation sites is 2. The molecule has 2 aromatic rings. The van der Waals surface area contributed by atoms with E-state index in [9.17, 15) is 9.59 Å². The van der Waals surface area contributed by atoms with Crippen LogP contribution in [0.5, 0.6) is 0 Å². The number of piperazine rings is 1. The Bertz CT molecular complexity index is 818. The van der Waals surface area contributed by atoms with Crippen LogP contribution in [0.25, 0.3) is 11.0 Å². The van der Waals surface area contributed by atoms with E-state index >= 15 is 0 Å². The van der Waals surface area contributed by atoms with E-state index in [2.05, 4.69) is 14.9 Å². The van der Waals surface area contributed by atoms with Crippen molar-refractivity contribution < 1.29 is 14.3 Å². The molecule has 8 nitrogen and oxygen atoms in total. The van der Waals surface area contributed by atoms with Gasteiger partial charge in [0.05, 0.1) is 24.2 Å². The average Bonchev–Trinajstić information content (AvgIpc) is 3.16. The van der Waals surface area contributed by atoms with Crippen LogP contribution in [0.15, 0.2) is 24.3 Å². The second-order valence-electron chi connectivity index (χ2n) is 7.76. The highest BCUT2D eigenvalue weighted by atomic mass is 16.6. The number of ether oxygens (including phenoxy) is 1. The van der Waals surface area contributed by atoms with Crippen molar-refractivity contribution in [3.63, 3.8) is 0 Å². The molecule has 1 aromatic heterocycles. The van der Waals surface area contributed by atoms with Crippen molar-refractivity contribution in [2.75, 3.05) is 45.9 Å². The lowest BCUT2D eigenvalue weighted by molar-refractivity contribution is -0.138. The monoisotopic (exact) mass is 399 g/mol. The van der Waals surface area contributed by atoms with Gasteiger partial charge in [0, 0.05) is 32.1 Å². The highest BCUT2D eigenvalue weighted by Gasteiger charge is 2.31. The van der Waals surface area contributed by atoms with Crippen LogP contribution in [0.1, 0.15) is 25.6 Å². The molecule has 2 aliphatic rings. The number of aromatic amines is 1. The number of fused-ring (bicyclic) bond motifs is 1. The van der Waals surface area contributed by atoms with Crippen molar-refractivity contribution >= 4 is 23.0 Å². The summed E-state index contributed by atoms with van der Waals surface area (Å²) in [4.78, 5) is 38.7. The van der Waals surface area contributed by atoms with Crippen LogP contribution in [0.4, 0.5) is 4.79 Å². The van der Waals surface area contributed by atoms with Crippen LogP contribution >= 0.6 is 0 Å². The quantitative estimate of drug-likeness (QED) is 0.851. The van der Waals surface area contributed by atoms with Gasteiger partial charge in [-0.3, -0.25) is 9.69 Å². The molecule has 8 heteroatoms. The molecule has 2 fully saturated rings. The molecule has 2 saturated heterocycles. The maximum atomic E-state index is 12.9. The predicted molar refractivity (Wildman–Crippen MR) is 109 cm³/mol. The van der Waals surface area contributed by atoms with E-state index < -0.39 is 0 Å². The zero-order valence-corrected chi connectivity index (χ0v) is 17.0. The zero-order chi connectivity index (χ0) is 20.2. The Labute approximate surface area is 170 Å². The first-order valence-corrected chi connectivity index (χ1v) is 10.5. The fraction of sp³-hybridized carbons (Fsp3) is 0.571. The summed E-state index contributed by atoms with van der Waals surface area (Å²) in [6, 6.07) is 8.06. The van der Waals surface area contributed by atoms with Gasteiger partial charge in [0.15, 0.2) is 0 Å². The number of rotatable bonds is 4. The average molecular weight is 399 g/mol. The molecule has 1 aromatic carbocycles. The number of hydrogen-bond donors (Lipinski definition) is 1. The number of carbonyl (C=O) groups excluding carboxylic acids is 2. The topological polar surface area (TPSA) is 81.8 Å². The lowest BCUT2D eigenvalue weighted by Gasteiger charge is -2.38. The van der Waals surface area contributed by atoms with Gasteiger partial charge >= 0.3 is 6.09 Å². The summed E-state index contributed by atoms with van der Waals surface area (Å²) in [5.41, 5.74) is 2.06. The second-order valence-corrected chi connectivity index (χ2v) is 7.76. The fourth-order valence-electron chi connectivity index (χ4n) is 4.21. The van der Waals surface area contributed by atoms with Gasteiger partial charge in [0.25, 0.3) is 0 Å². The first kappa shape index (κ1) is 19.7. The SMILES string of the molecule is CCOC(=O)N1CCN(C(=O)C2CCN(Cc3nc4ccccc4[nH]3)CC2)CC1. The number of benzene rings is 1. The minimum atomic E-state index is -0.279. The van der Waals surface area contributed by atoms with E-state index in [1.165, 1.54) is 0 Å². The van der Waals surface area contributed by atoms with E-state index in [0.29, 0.717) is 32.8 Å². The number of hydrogen-bond acceptors (Lipinski definition) is 5. The molecule has 4 rings (SSSR count). The normalized spacial score (nSPS) is 18.9. The van der Waals surface area contributed by atoms with E-state index in [0.717, 1.165) is 49.3 Å². The van der Waals surface area contributed by atoms with Gasteiger partial charge in [0.2, 0.25) is 5.91 Å². The number of amides is 2. The maximum Gasteiger partial charge on any atom is 0.409 e. The largest absolute Gasteiger partial charge is 0.450 e. The summed E-state index contributed by atoms with van der Waals surface area (Å²) in [6.45, 7) is 7.06. The lowest BCUT2D eigenvalue weighted by atomic mass is 9.95. The van der Waals surface area contributed by atoms with Gasteiger partial charge in [0.1, 0.15) is 5.82 Å². The number of aromatic nitrogens is 2. The Morgan fingerprint density at radius 1 is 1.07 bits per heavy atom. The highest BCUT2D eigenvalue weighted by Crippen LogP contribution is 2.22. The number of H-pyrrole nitrogens is 1. The molecule has 0 radical (unpaired) electrons. The molecular formula is C21H29N5O3. The predicted octanol–water partition coefficient (Wildman–Crippen LogP) is 2.08. The first-order chi connectivity index (χ1) is 14.1. The zero-order valence-electron chi connectivity index (χ0n) is 17.0. The Kier molecular flexibility index (Phi) is 5.99. The van der Waals surface area contributed by atoms with E-state index in [1.807, 2.05) is 29.2 Å². The summed E-state index contributed by atoms with van der Waals surface area (Å²) >= 11 is 0. The maximum absolute atomic E-state index is 12.9. The highest BCUT2D eigenvalue weighted by molar-refractivity contribution is 5.79. The van der Waals surface area contributed by atoms with Crippen LogP contribution < -0.4 is 0 Å². The van der Waals surface area contributed by atoms with E-state index in [-0.39, 0.29) is 17.9 Å². The molecular weight excluding hydrogens is 370 g/mol. The molecule has 0 bridgehead atoms. The molecule has 2 aliphatic heterocycles. The molecule has 1 N–H and O–H groups in total. The third kappa shape index (κ3) is 4.53. The van der Waals surface area contributed by atoms with Gasteiger partial charge < -0.3 is 19.5 Å².